The van der Waals surface area contributed by atoms with E-state index in [1.165, 1.54) is 4.90 Å². The van der Waals surface area contributed by atoms with Crippen molar-refractivity contribution in [1.82, 2.24) is 9.80 Å². The molecule has 2 aliphatic rings. The van der Waals surface area contributed by atoms with Crippen LogP contribution >= 0.6 is 0 Å². The fraction of sp³-hybridized carbons (Fsp3) is 0.619. The van der Waals surface area contributed by atoms with Crippen molar-refractivity contribution < 1.29 is 29.6 Å². The molecule has 0 radical (unpaired) electrons. The molecule has 29 heavy (non-hydrogen) atoms. The van der Waals surface area contributed by atoms with E-state index in [4.69, 9.17) is 4.74 Å². The summed E-state index contributed by atoms with van der Waals surface area (Å²) >= 11 is 0. The van der Waals surface area contributed by atoms with E-state index in [2.05, 4.69) is 0 Å². The van der Waals surface area contributed by atoms with Crippen molar-refractivity contribution in [2.24, 2.45) is 5.41 Å². The third-order valence-electron chi connectivity index (χ3n) is 5.95. The molecule has 8 heteroatoms. The number of esters is 1. The predicted octanol–water partition coefficient (Wildman–Crippen LogP) is 1.77. The van der Waals surface area contributed by atoms with Gasteiger partial charge in [-0.1, -0.05) is 20.8 Å². The van der Waals surface area contributed by atoms with E-state index in [0.717, 1.165) is 11.1 Å². The summed E-state index contributed by atoms with van der Waals surface area (Å²) in [7, 11) is 0. The van der Waals surface area contributed by atoms with Crippen LogP contribution < -0.4 is 0 Å². The van der Waals surface area contributed by atoms with Gasteiger partial charge < -0.3 is 25.0 Å². The molecule has 8 nitrogen and oxygen atoms in total. The number of benzene rings is 1. The van der Waals surface area contributed by atoms with Crippen molar-refractivity contribution in [2.75, 3.05) is 26.2 Å². The highest BCUT2D eigenvalue weighted by molar-refractivity contribution is 5.93. The molecule has 2 heterocycles. The molecule has 2 unspecified atom stereocenters. The molecule has 0 spiro atoms. The minimum absolute atomic E-state index is 0.204. The Bertz CT molecular complexity index is 803. The number of aliphatic hydroxyl groups excluding tert-OH is 2. The van der Waals surface area contributed by atoms with Crippen molar-refractivity contribution in [3.63, 3.8) is 0 Å². The molecule has 0 aromatic heterocycles. The van der Waals surface area contributed by atoms with Crippen molar-refractivity contribution in [3.8, 4) is 0 Å². The molecule has 3 rings (SSSR count). The lowest BCUT2D eigenvalue weighted by molar-refractivity contribution is -0.0540. The molecule has 0 saturated carbocycles. The molecule has 2 aliphatic heterocycles. The van der Waals surface area contributed by atoms with Gasteiger partial charge in [-0.05, 0) is 35.6 Å². The lowest BCUT2D eigenvalue weighted by atomic mass is 9.79. The number of β-amino-alcohol motifs (C(OH)–C–C–N with tert-alkyl or cyclic N) is 1. The Labute approximate surface area is 170 Å². The number of rotatable bonds is 4. The van der Waals surface area contributed by atoms with E-state index in [9.17, 15) is 24.9 Å². The second-order valence-electron chi connectivity index (χ2n) is 8.99. The third kappa shape index (κ3) is 4.10. The number of carboxylic acid groups (broad SMARTS) is 1. The zero-order valence-electron chi connectivity index (χ0n) is 17.4. The number of amides is 1. The van der Waals surface area contributed by atoms with Crippen LogP contribution in [0.3, 0.4) is 0 Å². The monoisotopic (exact) mass is 406 g/mol. The van der Waals surface area contributed by atoms with Gasteiger partial charge in [-0.2, -0.15) is 0 Å². The van der Waals surface area contributed by atoms with Gasteiger partial charge in [0.15, 0.2) is 0 Å². The SMILES string of the molecule is Cc1cc2c(cc1C(O)CN1CCN(C(=O)O)C(C(C)(C)C)[C@H]1CO)COC2=O. The lowest BCUT2D eigenvalue weighted by Gasteiger charge is -2.51. The van der Waals surface area contributed by atoms with E-state index >= 15 is 0 Å². The number of piperazine rings is 1. The molecular formula is C21H30N2O6. The molecule has 1 amide bonds. The highest BCUT2D eigenvalue weighted by Crippen LogP contribution is 2.34. The van der Waals surface area contributed by atoms with E-state index in [0.29, 0.717) is 24.2 Å². The van der Waals surface area contributed by atoms with Gasteiger partial charge in [0, 0.05) is 25.2 Å². The number of ether oxygens (including phenoxy) is 1. The lowest BCUT2D eigenvalue weighted by Crippen LogP contribution is -2.66. The topological polar surface area (TPSA) is 111 Å². The standard InChI is InChI=1S/C21H30N2O6/c1-12-7-15-13(11-29-19(15)26)8-14(12)17(25)9-22-5-6-23(20(27)28)18(16(22)10-24)21(2,3)4/h7-8,16-18,24-25H,5-6,9-11H2,1-4H3,(H,27,28)/t16-,17?,18?/m1/s1. The van der Waals surface area contributed by atoms with E-state index < -0.39 is 24.3 Å². The molecule has 3 N–H and O–H groups in total. The Balaban J connectivity index is 1.84. The van der Waals surface area contributed by atoms with E-state index in [1.54, 1.807) is 6.07 Å². The summed E-state index contributed by atoms with van der Waals surface area (Å²) in [5.74, 6) is -0.345. The van der Waals surface area contributed by atoms with Crippen LogP contribution in [0.15, 0.2) is 12.1 Å². The number of aliphatic hydroxyl groups is 2. The van der Waals surface area contributed by atoms with Gasteiger partial charge in [-0.3, -0.25) is 4.90 Å². The van der Waals surface area contributed by atoms with Crippen LogP contribution in [0.1, 0.15) is 53.9 Å². The zero-order chi connectivity index (χ0) is 21.5. The van der Waals surface area contributed by atoms with Gasteiger partial charge in [0.25, 0.3) is 0 Å². The Morgan fingerprint density at radius 3 is 2.59 bits per heavy atom. The summed E-state index contributed by atoms with van der Waals surface area (Å²) in [5.41, 5.74) is 2.43. The molecular weight excluding hydrogens is 376 g/mol. The summed E-state index contributed by atoms with van der Waals surface area (Å²) < 4.78 is 5.06. The number of nitrogens with zero attached hydrogens (tertiary/aromatic N) is 2. The number of carbonyl (C=O) groups is 2. The maximum absolute atomic E-state index is 11.7. The van der Waals surface area contributed by atoms with Crippen LogP contribution in [0.4, 0.5) is 4.79 Å². The van der Waals surface area contributed by atoms with Gasteiger partial charge in [-0.25, -0.2) is 9.59 Å². The smallest absolute Gasteiger partial charge is 0.407 e. The fourth-order valence-corrected chi connectivity index (χ4v) is 4.63. The van der Waals surface area contributed by atoms with Gasteiger partial charge >= 0.3 is 12.1 Å². The van der Waals surface area contributed by atoms with Crippen LogP contribution in [-0.2, 0) is 11.3 Å². The number of hydrogen-bond acceptors (Lipinski definition) is 6. The quantitative estimate of drug-likeness (QED) is 0.654. The van der Waals surface area contributed by atoms with Crippen LogP contribution in [0, 0.1) is 12.3 Å². The first-order chi connectivity index (χ1) is 13.5. The molecule has 0 bridgehead atoms. The maximum atomic E-state index is 11.7. The molecule has 160 valence electrons. The van der Waals surface area contributed by atoms with Crippen LogP contribution in [-0.4, -0.2) is 75.5 Å². The second kappa shape index (κ2) is 7.93. The van der Waals surface area contributed by atoms with Crippen LogP contribution in [0.2, 0.25) is 0 Å². The Hall–Kier alpha value is -2.16. The van der Waals surface area contributed by atoms with Crippen molar-refractivity contribution in [2.45, 2.75) is 52.5 Å². The summed E-state index contributed by atoms with van der Waals surface area (Å²) in [4.78, 5) is 26.8. The Morgan fingerprint density at radius 2 is 2.00 bits per heavy atom. The van der Waals surface area contributed by atoms with Crippen LogP contribution in [0.5, 0.6) is 0 Å². The minimum atomic E-state index is -0.997. The highest BCUT2D eigenvalue weighted by Gasteiger charge is 2.45. The normalized spacial score (nSPS) is 23.7. The molecule has 1 aromatic rings. The molecule has 3 atom stereocenters. The second-order valence-corrected chi connectivity index (χ2v) is 8.99. The third-order valence-corrected chi connectivity index (χ3v) is 5.95. The number of carbonyl (C=O) groups excluding carboxylic acids is 1. The molecule has 1 fully saturated rings. The molecule has 0 aliphatic carbocycles. The van der Waals surface area contributed by atoms with Gasteiger partial charge in [0.1, 0.15) is 6.61 Å². The van der Waals surface area contributed by atoms with Gasteiger partial charge in [0.05, 0.1) is 30.4 Å². The van der Waals surface area contributed by atoms with Crippen LogP contribution in [0.25, 0.3) is 0 Å². The van der Waals surface area contributed by atoms with Gasteiger partial charge in [0.2, 0.25) is 0 Å². The minimum Gasteiger partial charge on any atom is -0.465 e. The van der Waals surface area contributed by atoms with E-state index in [-0.39, 0.29) is 31.1 Å². The number of fused-ring (bicyclic) bond motifs is 1. The maximum Gasteiger partial charge on any atom is 0.407 e. The molecule has 1 aromatic carbocycles. The predicted molar refractivity (Wildman–Crippen MR) is 106 cm³/mol. The fourth-order valence-electron chi connectivity index (χ4n) is 4.63. The van der Waals surface area contributed by atoms with Crippen molar-refractivity contribution >= 4 is 12.1 Å². The zero-order valence-corrected chi connectivity index (χ0v) is 17.4. The first-order valence-corrected chi connectivity index (χ1v) is 9.87. The number of cyclic esters (lactones) is 1. The first kappa shape index (κ1) is 21.5. The summed E-state index contributed by atoms with van der Waals surface area (Å²) in [6.07, 6.45) is -1.83. The van der Waals surface area contributed by atoms with Crippen molar-refractivity contribution in [1.29, 1.82) is 0 Å². The number of aryl methyl sites for hydroxylation is 1. The Morgan fingerprint density at radius 1 is 1.31 bits per heavy atom. The summed E-state index contributed by atoms with van der Waals surface area (Å²) in [6.45, 7) is 8.71. The first-order valence-electron chi connectivity index (χ1n) is 9.87. The average molecular weight is 406 g/mol. The average Bonchev–Trinajstić information content (AvgIpc) is 2.99. The largest absolute Gasteiger partial charge is 0.465 e. The van der Waals surface area contributed by atoms with E-state index in [1.807, 2.05) is 38.7 Å². The van der Waals surface area contributed by atoms with Crippen molar-refractivity contribution in [3.05, 3.63) is 34.4 Å². The summed E-state index contributed by atoms with van der Waals surface area (Å²) in [5, 5.41) is 30.7. The summed E-state index contributed by atoms with van der Waals surface area (Å²) in [6, 6.07) is 2.72. The highest BCUT2D eigenvalue weighted by atomic mass is 16.5. The van der Waals surface area contributed by atoms with Gasteiger partial charge in [-0.15, -0.1) is 0 Å². The molecule has 1 saturated heterocycles. The number of hydrogen-bond donors (Lipinski definition) is 3. The Kier molecular flexibility index (Phi) is 5.89.